The van der Waals surface area contributed by atoms with Crippen LogP contribution in [0, 0.1) is 6.92 Å². The van der Waals surface area contributed by atoms with Crippen molar-refractivity contribution < 1.29 is 9.59 Å². The zero-order valence-electron chi connectivity index (χ0n) is 11.8. The van der Waals surface area contributed by atoms with E-state index in [-0.39, 0.29) is 12.3 Å². The summed E-state index contributed by atoms with van der Waals surface area (Å²) in [7, 11) is 1.76. The lowest BCUT2D eigenvalue weighted by Crippen LogP contribution is -2.46. The average molecular weight is 263 g/mol. The highest BCUT2D eigenvalue weighted by Crippen LogP contribution is 2.18. The number of carbonyl (C=O) groups is 2. The predicted molar refractivity (Wildman–Crippen MR) is 76.1 cm³/mol. The van der Waals surface area contributed by atoms with Gasteiger partial charge in [0.15, 0.2) is 0 Å². The molecule has 2 amide bonds. The number of hydrogen-bond donors (Lipinski definition) is 3. The Bertz CT molecular complexity index is 495. The maximum absolute atomic E-state index is 12.3. The molecule has 4 N–H and O–H groups in total. The third kappa shape index (κ3) is 4.28. The van der Waals surface area contributed by atoms with E-state index in [1.165, 1.54) is 0 Å². The van der Waals surface area contributed by atoms with Crippen molar-refractivity contribution in [3.05, 3.63) is 29.3 Å². The molecule has 0 saturated carbocycles. The van der Waals surface area contributed by atoms with Crippen molar-refractivity contribution in [3.63, 3.8) is 0 Å². The number of nitrogens with one attached hydrogen (secondary N) is 2. The number of rotatable bonds is 5. The summed E-state index contributed by atoms with van der Waals surface area (Å²) in [5.41, 5.74) is 6.80. The van der Waals surface area contributed by atoms with Gasteiger partial charge < -0.3 is 16.4 Å². The fourth-order valence-electron chi connectivity index (χ4n) is 1.92. The standard InChI is InChI=1S/C14H21N3O2/c1-9-5-6-11(16-4)10(7-9)13(19)17-14(2,3)8-12(15)18/h5-7,16H,8H2,1-4H3,(H2,15,18)(H,17,19). The molecule has 0 fully saturated rings. The summed E-state index contributed by atoms with van der Waals surface area (Å²) >= 11 is 0. The first-order chi connectivity index (χ1) is 8.75. The third-order valence-electron chi connectivity index (χ3n) is 2.76. The molecule has 1 rings (SSSR count). The quantitative estimate of drug-likeness (QED) is 0.751. The van der Waals surface area contributed by atoms with Crippen LogP contribution in [-0.2, 0) is 4.79 Å². The highest BCUT2D eigenvalue weighted by Gasteiger charge is 2.24. The second-order valence-electron chi connectivity index (χ2n) is 5.28. The molecule has 1 aromatic carbocycles. The molecule has 0 aliphatic carbocycles. The molecule has 104 valence electrons. The van der Waals surface area contributed by atoms with Gasteiger partial charge in [0.1, 0.15) is 0 Å². The Morgan fingerprint density at radius 2 is 1.95 bits per heavy atom. The number of primary amides is 1. The number of amides is 2. The minimum Gasteiger partial charge on any atom is -0.387 e. The van der Waals surface area contributed by atoms with E-state index in [4.69, 9.17) is 5.73 Å². The van der Waals surface area contributed by atoms with E-state index in [9.17, 15) is 9.59 Å². The van der Waals surface area contributed by atoms with Crippen molar-refractivity contribution in [2.45, 2.75) is 32.7 Å². The zero-order chi connectivity index (χ0) is 14.6. The van der Waals surface area contributed by atoms with Gasteiger partial charge in [0.2, 0.25) is 5.91 Å². The molecule has 0 aliphatic heterocycles. The molecule has 0 atom stereocenters. The van der Waals surface area contributed by atoms with E-state index in [1.807, 2.05) is 25.1 Å². The molecule has 19 heavy (non-hydrogen) atoms. The molecule has 0 aromatic heterocycles. The number of benzene rings is 1. The zero-order valence-corrected chi connectivity index (χ0v) is 11.8. The number of anilines is 1. The van der Waals surface area contributed by atoms with E-state index in [0.717, 1.165) is 11.3 Å². The van der Waals surface area contributed by atoms with Crippen molar-refractivity contribution in [3.8, 4) is 0 Å². The Morgan fingerprint density at radius 1 is 1.32 bits per heavy atom. The van der Waals surface area contributed by atoms with Crippen LogP contribution in [0.4, 0.5) is 5.69 Å². The molecular formula is C14H21N3O2. The lowest BCUT2D eigenvalue weighted by atomic mass is 9.99. The maximum Gasteiger partial charge on any atom is 0.253 e. The molecular weight excluding hydrogens is 242 g/mol. The van der Waals surface area contributed by atoms with Crippen molar-refractivity contribution in [2.75, 3.05) is 12.4 Å². The Hall–Kier alpha value is -2.04. The summed E-state index contributed by atoms with van der Waals surface area (Å²) in [5.74, 6) is -0.664. The minimum atomic E-state index is -0.669. The van der Waals surface area contributed by atoms with Crippen LogP contribution in [0.15, 0.2) is 18.2 Å². The second-order valence-corrected chi connectivity index (χ2v) is 5.28. The summed E-state index contributed by atoms with van der Waals surface area (Å²) in [4.78, 5) is 23.2. The van der Waals surface area contributed by atoms with Gasteiger partial charge in [-0.05, 0) is 32.9 Å². The SMILES string of the molecule is CNc1ccc(C)cc1C(=O)NC(C)(C)CC(N)=O. The second kappa shape index (κ2) is 5.73. The van der Waals surface area contributed by atoms with Gasteiger partial charge in [-0.3, -0.25) is 9.59 Å². The van der Waals surface area contributed by atoms with Gasteiger partial charge in [-0.25, -0.2) is 0 Å². The number of carbonyl (C=O) groups excluding carboxylic acids is 2. The Balaban J connectivity index is 2.95. The molecule has 0 bridgehead atoms. The van der Waals surface area contributed by atoms with Crippen LogP contribution in [0.3, 0.4) is 0 Å². The summed E-state index contributed by atoms with van der Waals surface area (Å²) in [6, 6.07) is 5.59. The first-order valence-electron chi connectivity index (χ1n) is 6.14. The monoisotopic (exact) mass is 263 g/mol. The van der Waals surface area contributed by atoms with Crippen molar-refractivity contribution >= 4 is 17.5 Å². The third-order valence-corrected chi connectivity index (χ3v) is 2.76. The van der Waals surface area contributed by atoms with E-state index < -0.39 is 11.4 Å². The van der Waals surface area contributed by atoms with Gasteiger partial charge in [0.05, 0.1) is 5.56 Å². The van der Waals surface area contributed by atoms with Gasteiger partial charge in [-0.15, -0.1) is 0 Å². The van der Waals surface area contributed by atoms with Gasteiger partial charge >= 0.3 is 0 Å². The molecule has 0 heterocycles. The van der Waals surface area contributed by atoms with Gasteiger partial charge in [0.25, 0.3) is 5.91 Å². The van der Waals surface area contributed by atoms with Crippen LogP contribution in [0.25, 0.3) is 0 Å². The van der Waals surface area contributed by atoms with Crippen LogP contribution < -0.4 is 16.4 Å². The van der Waals surface area contributed by atoms with Crippen LogP contribution in [-0.4, -0.2) is 24.4 Å². The summed E-state index contributed by atoms with van der Waals surface area (Å²) in [6.45, 7) is 5.46. The average Bonchev–Trinajstić information content (AvgIpc) is 2.26. The van der Waals surface area contributed by atoms with Crippen molar-refractivity contribution in [1.82, 2.24) is 5.32 Å². The Morgan fingerprint density at radius 3 is 2.47 bits per heavy atom. The minimum absolute atomic E-state index is 0.0967. The van der Waals surface area contributed by atoms with Crippen LogP contribution >= 0.6 is 0 Å². The normalized spacial score (nSPS) is 10.9. The fourth-order valence-corrected chi connectivity index (χ4v) is 1.92. The Kier molecular flexibility index (Phi) is 4.53. The highest BCUT2D eigenvalue weighted by atomic mass is 16.2. The van der Waals surface area contributed by atoms with Crippen molar-refractivity contribution in [2.24, 2.45) is 5.73 Å². The lowest BCUT2D eigenvalue weighted by Gasteiger charge is -2.25. The summed E-state index contributed by atoms with van der Waals surface area (Å²) in [6.07, 6.45) is 0.0967. The van der Waals surface area contributed by atoms with Crippen molar-refractivity contribution in [1.29, 1.82) is 0 Å². The van der Waals surface area contributed by atoms with E-state index in [2.05, 4.69) is 10.6 Å². The smallest absolute Gasteiger partial charge is 0.253 e. The van der Waals surface area contributed by atoms with Gasteiger partial charge in [-0.1, -0.05) is 11.6 Å². The number of hydrogen-bond acceptors (Lipinski definition) is 3. The molecule has 0 unspecified atom stereocenters. The molecule has 0 aliphatic rings. The fraction of sp³-hybridized carbons (Fsp3) is 0.429. The summed E-state index contributed by atoms with van der Waals surface area (Å²) < 4.78 is 0. The van der Waals surface area contributed by atoms with Gasteiger partial charge in [-0.2, -0.15) is 0 Å². The maximum atomic E-state index is 12.3. The molecule has 0 radical (unpaired) electrons. The lowest BCUT2D eigenvalue weighted by molar-refractivity contribution is -0.119. The van der Waals surface area contributed by atoms with E-state index >= 15 is 0 Å². The summed E-state index contributed by atoms with van der Waals surface area (Å²) in [5, 5.41) is 5.80. The van der Waals surface area contributed by atoms with Crippen LogP contribution in [0.1, 0.15) is 36.2 Å². The molecule has 5 nitrogen and oxygen atoms in total. The number of aryl methyl sites for hydroxylation is 1. The largest absolute Gasteiger partial charge is 0.387 e. The van der Waals surface area contributed by atoms with Crippen LogP contribution in [0.5, 0.6) is 0 Å². The first-order valence-corrected chi connectivity index (χ1v) is 6.14. The van der Waals surface area contributed by atoms with E-state index in [0.29, 0.717) is 5.56 Å². The Labute approximate surface area is 113 Å². The molecule has 0 spiro atoms. The first kappa shape index (κ1) is 15.0. The van der Waals surface area contributed by atoms with E-state index in [1.54, 1.807) is 20.9 Å². The molecule has 0 saturated heterocycles. The van der Waals surface area contributed by atoms with Gasteiger partial charge in [0, 0.05) is 24.7 Å². The number of nitrogens with two attached hydrogens (primary N) is 1. The molecule has 1 aromatic rings. The highest BCUT2D eigenvalue weighted by molar-refractivity contribution is 6.00. The van der Waals surface area contributed by atoms with Crippen LogP contribution in [0.2, 0.25) is 0 Å². The molecule has 5 heteroatoms. The topological polar surface area (TPSA) is 84.2 Å². The predicted octanol–water partition coefficient (Wildman–Crippen LogP) is 1.42.